The van der Waals surface area contributed by atoms with E-state index in [1.54, 1.807) is 81.0 Å². The summed E-state index contributed by atoms with van der Waals surface area (Å²) in [6.07, 6.45) is 2.90. The van der Waals surface area contributed by atoms with Gasteiger partial charge in [0.15, 0.2) is 5.78 Å². The molecule has 0 amide bonds. The van der Waals surface area contributed by atoms with Gasteiger partial charge in [0.25, 0.3) is 0 Å². The molecule has 0 saturated heterocycles. The largest absolute Gasteiger partial charge is 0.497 e. The van der Waals surface area contributed by atoms with E-state index in [-0.39, 0.29) is 17.1 Å². The molecule has 1 aliphatic carbocycles. The molecule has 0 spiro atoms. The number of rotatable bonds is 8. The Hall–Kier alpha value is -3.78. The van der Waals surface area contributed by atoms with Gasteiger partial charge in [-0.2, -0.15) is 0 Å². The van der Waals surface area contributed by atoms with Gasteiger partial charge >= 0.3 is 0 Å². The molecule has 7 nitrogen and oxygen atoms in total. The van der Waals surface area contributed by atoms with E-state index < -0.39 is 29.6 Å². The van der Waals surface area contributed by atoms with Gasteiger partial charge in [0.2, 0.25) is 6.04 Å². The van der Waals surface area contributed by atoms with Crippen LogP contribution in [0.2, 0.25) is 0 Å². The van der Waals surface area contributed by atoms with Crippen molar-refractivity contribution in [1.82, 2.24) is 0 Å². The standard InChI is InChI=1S/C27H25NO6S/c1-33-19-10-5-17(6-11-19)7-14-22(29)25-23(30)16-21(18-8-12-20(34-2)13-9-18)27(28(31)32)26(25)24-4-3-15-35-24/h3-15,21,25-27H,16H2,1-2H3. The van der Waals surface area contributed by atoms with Crippen LogP contribution in [-0.4, -0.2) is 36.8 Å². The smallest absolute Gasteiger partial charge is 0.229 e. The Kier molecular flexibility index (Phi) is 7.41. The molecule has 4 unspecified atom stereocenters. The highest BCUT2D eigenvalue weighted by molar-refractivity contribution is 7.10. The summed E-state index contributed by atoms with van der Waals surface area (Å²) in [5.41, 5.74) is 1.44. The molecule has 0 aliphatic heterocycles. The van der Waals surface area contributed by atoms with Gasteiger partial charge in [0.1, 0.15) is 17.3 Å². The topological polar surface area (TPSA) is 95.7 Å². The molecular formula is C27H25NO6S. The van der Waals surface area contributed by atoms with Crippen LogP contribution in [-0.2, 0) is 9.59 Å². The van der Waals surface area contributed by atoms with E-state index in [0.717, 1.165) is 5.56 Å². The fraction of sp³-hybridized carbons (Fsp3) is 0.259. The first-order valence-electron chi connectivity index (χ1n) is 11.1. The van der Waals surface area contributed by atoms with Crippen molar-refractivity contribution in [3.63, 3.8) is 0 Å². The quantitative estimate of drug-likeness (QED) is 0.187. The minimum absolute atomic E-state index is 0.0768. The number of methoxy groups -OCH3 is 2. The molecule has 1 aliphatic rings. The number of ether oxygens (including phenoxy) is 2. The summed E-state index contributed by atoms with van der Waals surface area (Å²) in [6.45, 7) is 0. The fourth-order valence-corrected chi connectivity index (χ4v) is 5.61. The Morgan fingerprint density at radius 2 is 1.66 bits per heavy atom. The molecule has 0 N–H and O–H groups in total. The first-order chi connectivity index (χ1) is 16.9. The van der Waals surface area contributed by atoms with Crippen LogP contribution >= 0.6 is 11.3 Å². The van der Waals surface area contributed by atoms with E-state index >= 15 is 0 Å². The van der Waals surface area contributed by atoms with Crippen LogP contribution in [0.25, 0.3) is 6.08 Å². The zero-order chi connectivity index (χ0) is 24.9. The minimum atomic E-state index is -1.12. The van der Waals surface area contributed by atoms with Gasteiger partial charge < -0.3 is 9.47 Å². The molecule has 1 fully saturated rings. The lowest BCUT2D eigenvalue weighted by atomic mass is 9.66. The van der Waals surface area contributed by atoms with Crippen LogP contribution in [0.15, 0.2) is 72.1 Å². The number of carbonyl (C=O) groups excluding carboxylic acids is 2. The molecule has 3 aromatic rings. The van der Waals surface area contributed by atoms with Crippen molar-refractivity contribution in [2.75, 3.05) is 14.2 Å². The lowest BCUT2D eigenvalue weighted by Crippen LogP contribution is -2.48. The Labute approximate surface area is 207 Å². The zero-order valence-electron chi connectivity index (χ0n) is 19.3. The van der Waals surface area contributed by atoms with Gasteiger partial charge in [-0.05, 0) is 52.9 Å². The van der Waals surface area contributed by atoms with E-state index in [2.05, 4.69) is 0 Å². The molecular weight excluding hydrogens is 466 g/mol. The number of allylic oxidation sites excluding steroid dienone is 1. The van der Waals surface area contributed by atoms with E-state index in [9.17, 15) is 19.7 Å². The summed E-state index contributed by atoms with van der Waals surface area (Å²) in [5.74, 6) is -2.02. The SMILES string of the molecule is COc1ccc(C=CC(=O)C2C(=O)CC(c3ccc(OC)cc3)C([N+](=O)[O-])C2c2cccs2)cc1. The summed E-state index contributed by atoms with van der Waals surface area (Å²) < 4.78 is 10.3. The molecule has 4 rings (SSSR count). The number of hydrogen-bond acceptors (Lipinski definition) is 7. The molecule has 2 aromatic carbocycles. The summed E-state index contributed by atoms with van der Waals surface area (Å²) in [6, 6.07) is 16.5. The number of carbonyl (C=O) groups is 2. The van der Waals surface area contributed by atoms with Gasteiger partial charge in [0.05, 0.1) is 32.0 Å². The lowest BCUT2D eigenvalue weighted by Gasteiger charge is -2.36. The molecule has 8 heteroatoms. The van der Waals surface area contributed by atoms with E-state index in [0.29, 0.717) is 21.9 Å². The number of Topliss-reactive ketones (excluding diaryl/α,β-unsaturated/α-hetero) is 1. The van der Waals surface area contributed by atoms with Crippen molar-refractivity contribution >= 4 is 29.0 Å². The molecule has 35 heavy (non-hydrogen) atoms. The van der Waals surface area contributed by atoms with Crippen LogP contribution in [0, 0.1) is 16.0 Å². The lowest BCUT2D eigenvalue weighted by molar-refractivity contribution is -0.533. The van der Waals surface area contributed by atoms with Gasteiger partial charge in [-0.15, -0.1) is 11.3 Å². The maximum Gasteiger partial charge on any atom is 0.229 e. The third kappa shape index (κ3) is 5.17. The molecule has 0 bridgehead atoms. The van der Waals surface area contributed by atoms with E-state index in [1.807, 2.05) is 5.38 Å². The van der Waals surface area contributed by atoms with Crippen LogP contribution in [0.1, 0.15) is 34.3 Å². The highest BCUT2D eigenvalue weighted by atomic mass is 32.1. The second-order valence-electron chi connectivity index (χ2n) is 8.35. The molecule has 180 valence electrons. The Morgan fingerprint density at radius 1 is 1.03 bits per heavy atom. The van der Waals surface area contributed by atoms with Crippen LogP contribution in [0.5, 0.6) is 11.5 Å². The Balaban J connectivity index is 1.70. The molecule has 1 heterocycles. The second-order valence-corrected chi connectivity index (χ2v) is 9.33. The Bertz CT molecular complexity index is 1220. The average molecular weight is 492 g/mol. The van der Waals surface area contributed by atoms with Crippen LogP contribution < -0.4 is 9.47 Å². The summed E-state index contributed by atoms with van der Waals surface area (Å²) in [5, 5.41) is 14.2. The van der Waals surface area contributed by atoms with Crippen molar-refractivity contribution in [1.29, 1.82) is 0 Å². The van der Waals surface area contributed by atoms with Crippen molar-refractivity contribution in [2.24, 2.45) is 5.92 Å². The maximum absolute atomic E-state index is 13.4. The number of ketones is 2. The molecule has 4 atom stereocenters. The predicted octanol–water partition coefficient (Wildman–Crippen LogP) is 5.15. The van der Waals surface area contributed by atoms with Crippen LogP contribution in [0.3, 0.4) is 0 Å². The number of benzene rings is 2. The number of hydrogen-bond donors (Lipinski definition) is 0. The average Bonchev–Trinajstić information content (AvgIpc) is 3.41. The first-order valence-corrected chi connectivity index (χ1v) is 12.0. The normalized spacial score (nSPS) is 22.2. The van der Waals surface area contributed by atoms with E-state index in [4.69, 9.17) is 9.47 Å². The molecule has 0 radical (unpaired) electrons. The number of nitro groups is 1. The highest BCUT2D eigenvalue weighted by Gasteiger charge is 2.54. The third-order valence-electron chi connectivity index (χ3n) is 6.43. The number of thiophene rings is 1. The predicted molar refractivity (Wildman–Crippen MR) is 134 cm³/mol. The Morgan fingerprint density at radius 3 is 2.20 bits per heavy atom. The van der Waals surface area contributed by atoms with Gasteiger partial charge in [0, 0.05) is 16.2 Å². The molecule has 1 aromatic heterocycles. The summed E-state index contributed by atoms with van der Waals surface area (Å²) in [4.78, 5) is 39.5. The third-order valence-corrected chi connectivity index (χ3v) is 7.40. The monoisotopic (exact) mass is 491 g/mol. The van der Waals surface area contributed by atoms with Gasteiger partial charge in [-0.3, -0.25) is 19.7 Å². The summed E-state index contributed by atoms with van der Waals surface area (Å²) >= 11 is 1.33. The minimum Gasteiger partial charge on any atom is -0.497 e. The number of nitrogens with zero attached hydrogens (tertiary/aromatic N) is 1. The van der Waals surface area contributed by atoms with Crippen LogP contribution in [0.4, 0.5) is 0 Å². The van der Waals surface area contributed by atoms with E-state index in [1.165, 1.54) is 17.4 Å². The van der Waals surface area contributed by atoms with Crippen molar-refractivity contribution in [2.45, 2.75) is 24.3 Å². The van der Waals surface area contributed by atoms with Crippen molar-refractivity contribution < 1.29 is 24.0 Å². The maximum atomic E-state index is 13.4. The van der Waals surface area contributed by atoms with Crippen molar-refractivity contribution in [3.05, 3.63) is 98.2 Å². The van der Waals surface area contributed by atoms with Gasteiger partial charge in [-0.1, -0.05) is 36.4 Å². The van der Waals surface area contributed by atoms with Crippen molar-refractivity contribution in [3.8, 4) is 11.5 Å². The highest BCUT2D eigenvalue weighted by Crippen LogP contribution is 2.46. The van der Waals surface area contributed by atoms with Gasteiger partial charge in [-0.25, -0.2) is 0 Å². The summed E-state index contributed by atoms with van der Waals surface area (Å²) in [7, 11) is 3.11. The second kappa shape index (κ2) is 10.7. The zero-order valence-corrected chi connectivity index (χ0v) is 20.1. The molecule has 1 saturated carbocycles. The first kappa shape index (κ1) is 24.3. The fourth-order valence-electron chi connectivity index (χ4n) is 4.70.